The van der Waals surface area contributed by atoms with E-state index < -0.39 is 11.8 Å². The van der Waals surface area contributed by atoms with E-state index in [1.54, 1.807) is 4.90 Å². The second-order valence-electron chi connectivity index (χ2n) is 10.2. The molecule has 7 nitrogen and oxygen atoms in total. The van der Waals surface area contributed by atoms with Crippen LogP contribution in [-0.4, -0.2) is 50.3 Å². The molecule has 1 spiro atoms. The van der Waals surface area contributed by atoms with Crippen molar-refractivity contribution >= 4 is 23.4 Å². The van der Waals surface area contributed by atoms with Crippen LogP contribution >= 0.6 is 0 Å². The van der Waals surface area contributed by atoms with Gasteiger partial charge < -0.3 is 4.90 Å². The van der Waals surface area contributed by atoms with Crippen molar-refractivity contribution in [3.63, 3.8) is 0 Å². The number of hydrogen-bond donors (Lipinski definition) is 1. The Morgan fingerprint density at radius 2 is 1.81 bits per heavy atom. The third-order valence-corrected chi connectivity index (χ3v) is 7.95. The van der Waals surface area contributed by atoms with Crippen molar-refractivity contribution in [3.05, 3.63) is 23.9 Å². The first-order chi connectivity index (χ1) is 15.3. The van der Waals surface area contributed by atoms with E-state index in [-0.39, 0.29) is 29.6 Å². The van der Waals surface area contributed by atoms with Crippen LogP contribution in [0, 0.1) is 17.3 Å². The molecular formula is C23H27F2N5O2. The number of likely N-dealkylation sites (tertiary alicyclic amines) is 1. The lowest BCUT2D eigenvalue weighted by atomic mass is 9.76. The van der Waals surface area contributed by atoms with Gasteiger partial charge in [0.05, 0.1) is 0 Å². The van der Waals surface area contributed by atoms with Crippen LogP contribution in [-0.2, 0) is 9.59 Å². The zero-order valence-corrected chi connectivity index (χ0v) is 17.9. The summed E-state index contributed by atoms with van der Waals surface area (Å²) in [7, 11) is 0. The lowest BCUT2D eigenvalue weighted by Gasteiger charge is -2.39. The number of anilines is 1. The highest BCUT2D eigenvalue weighted by atomic mass is 19.3. The van der Waals surface area contributed by atoms with Crippen molar-refractivity contribution in [2.45, 2.75) is 63.2 Å². The molecule has 2 amide bonds. The summed E-state index contributed by atoms with van der Waals surface area (Å²) in [5.41, 5.74) is 1.97. The molecule has 4 fully saturated rings. The molecule has 3 aliphatic carbocycles. The minimum atomic E-state index is -2.79. The van der Waals surface area contributed by atoms with Gasteiger partial charge in [-0.1, -0.05) is 6.07 Å². The maximum Gasteiger partial charge on any atom is 0.260 e. The SMILES string of the molecule is O=C(Nc1nc2cccc(C3CCC4(CCN(C(=O)[C@H]5CC5(F)F)CC4)C3)n2n1)C1CC1. The Morgan fingerprint density at radius 1 is 1.06 bits per heavy atom. The smallest absolute Gasteiger partial charge is 0.260 e. The minimum Gasteiger partial charge on any atom is -0.342 e. The van der Waals surface area contributed by atoms with Crippen molar-refractivity contribution in [2.75, 3.05) is 18.4 Å². The predicted octanol–water partition coefficient (Wildman–Crippen LogP) is 3.61. The summed E-state index contributed by atoms with van der Waals surface area (Å²) in [5, 5.41) is 7.40. The number of carbonyl (C=O) groups excluding carboxylic acids is 2. The summed E-state index contributed by atoms with van der Waals surface area (Å²) in [5.74, 6) is -3.49. The van der Waals surface area contributed by atoms with Gasteiger partial charge in [0.15, 0.2) is 5.65 Å². The van der Waals surface area contributed by atoms with Gasteiger partial charge in [-0.05, 0) is 62.5 Å². The Morgan fingerprint density at radius 3 is 2.50 bits per heavy atom. The van der Waals surface area contributed by atoms with Crippen LogP contribution in [0.2, 0.25) is 0 Å². The molecule has 6 rings (SSSR count). The number of carbonyl (C=O) groups is 2. The van der Waals surface area contributed by atoms with Gasteiger partial charge in [-0.15, -0.1) is 5.10 Å². The molecule has 0 bridgehead atoms. The Balaban J connectivity index is 1.14. The van der Waals surface area contributed by atoms with E-state index in [0.29, 0.717) is 25.0 Å². The third-order valence-electron chi connectivity index (χ3n) is 7.95. The quantitative estimate of drug-likeness (QED) is 0.783. The molecule has 2 aromatic rings. The summed E-state index contributed by atoms with van der Waals surface area (Å²) in [4.78, 5) is 30.5. The zero-order chi connectivity index (χ0) is 22.1. The molecule has 0 radical (unpaired) electrons. The maximum absolute atomic E-state index is 13.3. The van der Waals surface area contributed by atoms with Gasteiger partial charge in [0.2, 0.25) is 17.8 Å². The summed E-state index contributed by atoms with van der Waals surface area (Å²) < 4.78 is 28.4. The number of piperidine rings is 1. The monoisotopic (exact) mass is 443 g/mol. The summed E-state index contributed by atoms with van der Waals surface area (Å²) >= 11 is 0. The number of aromatic nitrogens is 3. The Hall–Kier alpha value is -2.58. The molecule has 0 aromatic carbocycles. The van der Waals surface area contributed by atoms with E-state index in [1.807, 2.05) is 16.6 Å². The van der Waals surface area contributed by atoms with E-state index in [2.05, 4.69) is 21.5 Å². The minimum absolute atomic E-state index is 0.00691. The molecule has 9 heteroatoms. The van der Waals surface area contributed by atoms with Crippen LogP contribution in [0.3, 0.4) is 0 Å². The number of hydrogen-bond acceptors (Lipinski definition) is 4. The van der Waals surface area contributed by atoms with Crippen LogP contribution in [0.1, 0.15) is 63.0 Å². The number of amides is 2. The second kappa shape index (κ2) is 6.96. The standard InChI is InChI=1S/C23H27F2N5O2/c24-23(25)13-16(23)20(32)29-10-8-22(9-11-29)7-6-15(12-22)17-2-1-3-18-26-21(28-30(17)18)27-19(31)14-4-5-14/h1-3,14-16H,4-13H2,(H,27,28,31)/t15?,16-/m1/s1. The Labute approximate surface area is 184 Å². The highest BCUT2D eigenvalue weighted by Gasteiger charge is 2.62. The fourth-order valence-corrected chi connectivity index (χ4v) is 5.66. The van der Waals surface area contributed by atoms with Gasteiger partial charge in [0.25, 0.3) is 5.92 Å². The highest BCUT2D eigenvalue weighted by Crippen LogP contribution is 2.54. The molecule has 1 aliphatic heterocycles. The third kappa shape index (κ3) is 3.46. The zero-order valence-electron chi connectivity index (χ0n) is 17.9. The fraction of sp³-hybridized carbons (Fsp3) is 0.652. The van der Waals surface area contributed by atoms with Crippen LogP contribution in [0.5, 0.6) is 0 Å². The lowest BCUT2D eigenvalue weighted by molar-refractivity contribution is -0.137. The highest BCUT2D eigenvalue weighted by molar-refractivity contribution is 5.92. The van der Waals surface area contributed by atoms with Crippen LogP contribution in [0.15, 0.2) is 18.2 Å². The summed E-state index contributed by atoms with van der Waals surface area (Å²) in [6.45, 7) is 1.14. The largest absolute Gasteiger partial charge is 0.342 e. The topological polar surface area (TPSA) is 79.6 Å². The number of nitrogens with zero attached hydrogens (tertiary/aromatic N) is 4. The molecular weight excluding hydrogens is 416 g/mol. The molecule has 3 saturated carbocycles. The summed E-state index contributed by atoms with van der Waals surface area (Å²) in [6.07, 6.45) is 6.39. The van der Waals surface area contributed by atoms with Crippen molar-refractivity contribution in [2.24, 2.45) is 17.3 Å². The molecule has 1 N–H and O–H groups in total. The predicted molar refractivity (Wildman–Crippen MR) is 112 cm³/mol. The van der Waals surface area contributed by atoms with Crippen molar-refractivity contribution < 1.29 is 18.4 Å². The van der Waals surface area contributed by atoms with Gasteiger partial charge in [-0.2, -0.15) is 4.98 Å². The van der Waals surface area contributed by atoms with Gasteiger partial charge in [0.1, 0.15) is 5.92 Å². The normalized spacial score (nSPS) is 28.2. The van der Waals surface area contributed by atoms with Gasteiger partial charge in [-0.3, -0.25) is 14.9 Å². The molecule has 3 heterocycles. The van der Waals surface area contributed by atoms with Crippen LogP contribution < -0.4 is 5.32 Å². The first-order valence-electron chi connectivity index (χ1n) is 11.7. The number of pyridine rings is 1. The van der Waals surface area contributed by atoms with Gasteiger partial charge in [0, 0.05) is 37.0 Å². The average molecular weight is 443 g/mol. The molecule has 4 aliphatic rings. The van der Waals surface area contributed by atoms with E-state index in [4.69, 9.17) is 0 Å². The molecule has 2 aromatic heterocycles. The number of halogens is 2. The van der Waals surface area contributed by atoms with Crippen molar-refractivity contribution in [1.82, 2.24) is 19.5 Å². The fourth-order valence-electron chi connectivity index (χ4n) is 5.66. The van der Waals surface area contributed by atoms with Gasteiger partial charge in [-0.25, -0.2) is 13.3 Å². The van der Waals surface area contributed by atoms with E-state index in [1.165, 1.54) is 0 Å². The van der Waals surface area contributed by atoms with Crippen LogP contribution in [0.25, 0.3) is 5.65 Å². The van der Waals surface area contributed by atoms with Crippen molar-refractivity contribution in [1.29, 1.82) is 0 Å². The van der Waals surface area contributed by atoms with Gasteiger partial charge >= 0.3 is 0 Å². The second-order valence-corrected chi connectivity index (χ2v) is 10.2. The number of alkyl halides is 2. The molecule has 32 heavy (non-hydrogen) atoms. The molecule has 1 unspecified atom stereocenters. The number of nitrogens with one attached hydrogen (secondary N) is 1. The Bertz CT molecular complexity index is 1090. The van der Waals surface area contributed by atoms with E-state index in [0.717, 1.165) is 56.3 Å². The average Bonchev–Trinajstić information content (AvgIpc) is 3.64. The van der Waals surface area contributed by atoms with Crippen molar-refractivity contribution in [3.8, 4) is 0 Å². The first kappa shape index (κ1) is 20.1. The maximum atomic E-state index is 13.3. The number of fused-ring (bicyclic) bond motifs is 1. The van der Waals surface area contributed by atoms with E-state index >= 15 is 0 Å². The number of rotatable bonds is 4. The van der Waals surface area contributed by atoms with Crippen LogP contribution in [0.4, 0.5) is 14.7 Å². The first-order valence-corrected chi connectivity index (χ1v) is 11.7. The Kier molecular flexibility index (Phi) is 4.36. The molecule has 1 saturated heterocycles. The molecule has 2 atom stereocenters. The van der Waals surface area contributed by atoms with E-state index in [9.17, 15) is 18.4 Å². The molecule has 170 valence electrons. The lowest BCUT2D eigenvalue weighted by Crippen LogP contribution is -2.43. The summed E-state index contributed by atoms with van der Waals surface area (Å²) in [6, 6.07) is 5.95.